The van der Waals surface area contributed by atoms with Crippen LogP contribution in [0.2, 0.25) is 0 Å². The average Bonchev–Trinajstić information content (AvgIpc) is 2.97. The minimum Gasteiger partial charge on any atom is -0.497 e. The number of carbonyl (C=O) groups is 1. The van der Waals surface area contributed by atoms with Crippen LogP contribution in [0.4, 0.5) is 0 Å². The first kappa shape index (κ1) is 18.0. The summed E-state index contributed by atoms with van der Waals surface area (Å²) in [6.07, 6.45) is 1.19. The zero-order chi connectivity index (χ0) is 17.7. The van der Waals surface area contributed by atoms with Gasteiger partial charge in [-0.2, -0.15) is 0 Å². The fourth-order valence-electron chi connectivity index (χ4n) is 2.37. The van der Waals surface area contributed by atoms with Gasteiger partial charge in [0.15, 0.2) is 5.69 Å². The van der Waals surface area contributed by atoms with Crippen LogP contribution in [0.1, 0.15) is 42.9 Å². The second-order valence-electron chi connectivity index (χ2n) is 5.99. The quantitative estimate of drug-likeness (QED) is 0.814. The molecule has 1 aromatic heterocycles. The molecule has 1 amide bonds. The summed E-state index contributed by atoms with van der Waals surface area (Å²) in [5, 5.41) is 12.1. The Bertz CT molecular complexity index is 694. The van der Waals surface area contributed by atoms with Crippen molar-refractivity contribution in [1.82, 2.24) is 10.3 Å². The van der Waals surface area contributed by atoms with E-state index in [2.05, 4.69) is 10.3 Å². The van der Waals surface area contributed by atoms with Crippen molar-refractivity contribution >= 4 is 5.91 Å². The van der Waals surface area contributed by atoms with Crippen LogP contribution in [0.3, 0.4) is 0 Å². The molecule has 24 heavy (non-hydrogen) atoms. The van der Waals surface area contributed by atoms with Crippen LogP contribution in [0, 0.1) is 6.92 Å². The molecule has 2 aromatic rings. The summed E-state index contributed by atoms with van der Waals surface area (Å²) in [6.45, 7) is 5.60. The molecule has 0 fully saturated rings. The number of amides is 1. The van der Waals surface area contributed by atoms with E-state index in [1.165, 1.54) is 0 Å². The molecule has 0 aliphatic rings. The number of rotatable bonds is 7. The van der Waals surface area contributed by atoms with E-state index in [0.717, 1.165) is 11.3 Å². The van der Waals surface area contributed by atoms with Crippen molar-refractivity contribution in [1.29, 1.82) is 0 Å². The first-order valence-electron chi connectivity index (χ1n) is 7.97. The number of hydrogen-bond acceptors (Lipinski definition) is 5. The van der Waals surface area contributed by atoms with E-state index in [4.69, 9.17) is 9.15 Å². The maximum Gasteiger partial charge on any atom is 0.273 e. The number of aromatic nitrogens is 1. The Kier molecular flexibility index (Phi) is 5.62. The molecule has 6 heteroatoms. The van der Waals surface area contributed by atoms with E-state index >= 15 is 0 Å². The van der Waals surface area contributed by atoms with E-state index in [0.29, 0.717) is 24.5 Å². The van der Waals surface area contributed by atoms with Gasteiger partial charge in [-0.3, -0.25) is 4.79 Å². The highest BCUT2D eigenvalue weighted by Crippen LogP contribution is 2.24. The van der Waals surface area contributed by atoms with Crippen LogP contribution in [0.25, 0.3) is 11.5 Å². The predicted octanol–water partition coefficient (Wildman–Crippen LogP) is 2.94. The number of aliphatic hydroxyl groups excluding tert-OH is 1. The summed E-state index contributed by atoms with van der Waals surface area (Å²) in [5.41, 5.74) is 0.558. The van der Waals surface area contributed by atoms with Gasteiger partial charge < -0.3 is 19.6 Å². The van der Waals surface area contributed by atoms with Gasteiger partial charge >= 0.3 is 0 Å². The molecule has 0 saturated carbocycles. The van der Waals surface area contributed by atoms with Gasteiger partial charge in [-0.1, -0.05) is 6.92 Å². The van der Waals surface area contributed by atoms with E-state index < -0.39 is 5.54 Å². The van der Waals surface area contributed by atoms with Crippen molar-refractivity contribution in [2.75, 3.05) is 13.7 Å². The largest absolute Gasteiger partial charge is 0.497 e. The molecular formula is C18H24N2O4. The number of hydrogen-bond donors (Lipinski definition) is 2. The normalized spacial score (nSPS) is 13.4. The number of ether oxygens (including phenoxy) is 1. The van der Waals surface area contributed by atoms with E-state index in [1.54, 1.807) is 14.0 Å². The van der Waals surface area contributed by atoms with Gasteiger partial charge in [-0.15, -0.1) is 0 Å². The molecule has 0 radical (unpaired) electrons. The van der Waals surface area contributed by atoms with Gasteiger partial charge in [0.25, 0.3) is 5.91 Å². The molecule has 0 aliphatic carbocycles. The number of nitrogens with zero attached hydrogens (tertiary/aromatic N) is 1. The lowest BCUT2D eigenvalue weighted by molar-refractivity contribution is 0.0880. The molecule has 0 spiro atoms. The molecule has 1 aromatic carbocycles. The topological polar surface area (TPSA) is 84.6 Å². The van der Waals surface area contributed by atoms with Crippen LogP contribution in [-0.4, -0.2) is 35.3 Å². The Morgan fingerprint density at radius 1 is 1.38 bits per heavy atom. The summed E-state index contributed by atoms with van der Waals surface area (Å²) < 4.78 is 10.8. The highest BCUT2D eigenvalue weighted by molar-refractivity contribution is 5.94. The fourth-order valence-corrected chi connectivity index (χ4v) is 2.37. The Labute approximate surface area is 141 Å². The third kappa shape index (κ3) is 3.94. The number of aliphatic hydroxyl groups is 1. The fraction of sp³-hybridized carbons (Fsp3) is 0.444. The van der Waals surface area contributed by atoms with Crippen molar-refractivity contribution < 1.29 is 19.1 Å². The molecule has 2 rings (SSSR count). The first-order chi connectivity index (χ1) is 11.4. The van der Waals surface area contributed by atoms with Gasteiger partial charge in [0.2, 0.25) is 5.89 Å². The molecule has 0 aliphatic heterocycles. The van der Waals surface area contributed by atoms with Crippen LogP contribution in [0.5, 0.6) is 5.75 Å². The smallest absolute Gasteiger partial charge is 0.273 e. The lowest BCUT2D eigenvalue weighted by Crippen LogP contribution is -2.46. The summed E-state index contributed by atoms with van der Waals surface area (Å²) in [5.74, 6) is 1.29. The van der Waals surface area contributed by atoms with E-state index in [9.17, 15) is 9.90 Å². The van der Waals surface area contributed by atoms with Crippen molar-refractivity contribution in [2.45, 2.75) is 39.2 Å². The molecule has 130 valence electrons. The number of nitrogens with one attached hydrogen (secondary N) is 1. The first-order valence-corrected chi connectivity index (χ1v) is 7.97. The van der Waals surface area contributed by atoms with E-state index in [1.807, 2.05) is 38.1 Å². The van der Waals surface area contributed by atoms with E-state index in [-0.39, 0.29) is 18.2 Å². The van der Waals surface area contributed by atoms with Gasteiger partial charge in [-0.05, 0) is 51.0 Å². The summed E-state index contributed by atoms with van der Waals surface area (Å²) in [4.78, 5) is 16.9. The van der Waals surface area contributed by atoms with Crippen LogP contribution < -0.4 is 10.1 Å². The summed E-state index contributed by atoms with van der Waals surface area (Å²) in [6, 6.07) is 7.27. The SMILES string of the molecule is CCC(C)(CCO)NC(=O)c1nc(-c2ccc(OC)cc2)oc1C. The highest BCUT2D eigenvalue weighted by Gasteiger charge is 2.27. The molecule has 0 saturated heterocycles. The number of aryl methyl sites for hydroxylation is 1. The van der Waals surface area contributed by atoms with Crippen LogP contribution in [0.15, 0.2) is 28.7 Å². The monoisotopic (exact) mass is 332 g/mol. The third-order valence-corrected chi connectivity index (χ3v) is 4.21. The third-order valence-electron chi connectivity index (χ3n) is 4.21. The van der Waals surface area contributed by atoms with Gasteiger partial charge in [-0.25, -0.2) is 4.98 Å². The molecule has 6 nitrogen and oxygen atoms in total. The second-order valence-corrected chi connectivity index (χ2v) is 5.99. The Balaban J connectivity index is 2.22. The van der Waals surface area contributed by atoms with Crippen molar-refractivity contribution in [3.63, 3.8) is 0 Å². The summed E-state index contributed by atoms with van der Waals surface area (Å²) in [7, 11) is 1.60. The van der Waals surface area contributed by atoms with Gasteiger partial charge in [0.05, 0.1) is 7.11 Å². The number of benzene rings is 1. The summed E-state index contributed by atoms with van der Waals surface area (Å²) >= 11 is 0. The molecule has 1 atom stereocenters. The predicted molar refractivity (Wildman–Crippen MR) is 91.1 cm³/mol. The van der Waals surface area contributed by atoms with Crippen molar-refractivity contribution in [3.8, 4) is 17.2 Å². The number of oxazole rings is 1. The van der Waals surface area contributed by atoms with Gasteiger partial charge in [0.1, 0.15) is 11.5 Å². The Hall–Kier alpha value is -2.34. The van der Waals surface area contributed by atoms with Crippen LogP contribution in [-0.2, 0) is 0 Å². The second kappa shape index (κ2) is 7.49. The molecule has 0 bridgehead atoms. The molecule has 2 N–H and O–H groups in total. The number of methoxy groups -OCH3 is 1. The molecule has 1 heterocycles. The standard InChI is InChI=1S/C18H24N2O4/c1-5-18(3,10-11-21)20-16(22)15-12(2)24-17(19-15)13-6-8-14(23-4)9-7-13/h6-9,21H,5,10-11H2,1-4H3,(H,20,22). The average molecular weight is 332 g/mol. The maximum atomic E-state index is 12.5. The van der Waals surface area contributed by atoms with Crippen molar-refractivity contribution in [3.05, 3.63) is 35.7 Å². The molecule has 1 unspecified atom stereocenters. The number of carbonyl (C=O) groups excluding carboxylic acids is 1. The molecular weight excluding hydrogens is 308 g/mol. The van der Waals surface area contributed by atoms with Gasteiger partial charge in [0, 0.05) is 17.7 Å². The van der Waals surface area contributed by atoms with Crippen molar-refractivity contribution in [2.24, 2.45) is 0 Å². The minimum absolute atomic E-state index is 0.0134. The zero-order valence-electron chi connectivity index (χ0n) is 14.5. The van der Waals surface area contributed by atoms with Crippen LogP contribution >= 0.6 is 0 Å². The zero-order valence-corrected chi connectivity index (χ0v) is 14.5. The Morgan fingerprint density at radius 3 is 2.58 bits per heavy atom. The lowest BCUT2D eigenvalue weighted by Gasteiger charge is -2.28. The lowest BCUT2D eigenvalue weighted by atomic mass is 9.94. The maximum absolute atomic E-state index is 12.5. The minimum atomic E-state index is -0.475. The Morgan fingerprint density at radius 2 is 2.04 bits per heavy atom. The highest BCUT2D eigenvalue weighted by atomic mass is 16.5.